The van der Waals surface area contributed by atoms with Gasteiger partial charge in [-0.25, -0.2) is 0 Å². The Hall–Kier alpha value is -1.59. The van der Waals surface area contributed by atoms with Gasteiger partial charge in [-0.2, -0.15) is 0 Å². The zero-order valence-corrected chi connectivity index (χ0v) is 12.4. The number of nitrogens with zero attached hydrogens (tertiary/aromatic N) is 1. The summed E-state index contributed by atoms with van der Waals surface area (Å²) in [5.74, 6) is 0.812. The molecule has 5 heteroatoms. The number of ether oxygens (including phenoxy) is 1. The van der Waals surface area contributed by atoms with Crippen molar-refractivity contribution in [2.24, 2.45) is 0 Å². The van der Waals surface area contributed by atoms with Gasteiger partial charge in [-0.3, -0.25) is 4.79 Å². The Morgan fingerprint density at radius 3 is 2.90 bits per heavy atom. The van der Waals surface area contributed by atoms with Crippen LogP contribution in [0.5, 0.6) is 5.75 Å². The average Bonchev–Trinajstić information content (AvgIpc) is 2.71. The zero-order valence-electron chi connectivity index (χ0n) is 12.4. The fraction of sp³-hybridized carbons (Fsp3) is 0.533. The minimum absolute atomic E-state index is 0.00612. The van der Waals surface area contributed by atoms with Crippen molar-refractivity contribution in [1.29, 1.82) is 0 Å². The van der Waals surface area contributed by atoms with E-state index in [1.54, 1.807) is 0 Å². The summed E-state index contributed by atoms with van der Waals surface area (Å²) < 4.78 is 5.71. The Morgan fingerprint density at radius 2 is 2.20 bits per heavy atom. The molecule has 0 bridgehead atoms. The molecule has 0 saturated heterocycles. The lowest BCUT2D eigenvalue weighted by atomic mass is 10.1. The molecule has 1 unspecified atom stereocenters. The van der Waals surface area contributed by atoms with Gasteiger partial charge in [-0.15, -0.1) is 0 Å². The minimum Gasteiger partial charge on any atom is -0.493 e. The van der Waals surface area contributed by atoms with E-state index in [1.807, 2.05) is 39.2 Å². The van der Waals surface area contributed by atoms with Gasteiger partial charge in [0.05, 0.1) is 6.61 Å². The third kappa shape index (κ3) is 3.49. The normalized spacial score (nSPS) is 17.2. The number of amides is 1. The molecule has 2 N–H and O–H groups in total. The van der Waals surface area contributed by atoms with Gasteiger partial charge >= 0.3 is 0 Å². The second-order valence-corrected chi connectivity index (χ2v) is 5.23. The number of hydrogen-bond acceptors (Lipinski definition) is 4. The van der Waals surface area contributed by atoms with E-state index < -0.39 is 0 Å². The third-order valence-electron chi connectivity index (χ3n) is 3.28. The van der Waals surface area contributed by atoms with Crippen LogP contribution in [-0.4, -0.2) is 44.6 Å². The van der Waals surface area contributed by atoms with Crippen LogP contribution in [0, 0.1) is 0 Å². The number of carbonyl (C=O) groups excluding carboxylic acids is 1. The third-order valence-corrected chi connectivity index (χ3v) is 3.28. The van der Waals surface area contributed by atoms with Crippen molar-refractivity contribution < 1.29 is 9.53 Å². The van der Waals surface area contributed by atoms with Crippen molar-refractivity contribution in [1.82, 2.24) is 10.2 Å². The maximum Gasteiger partial charge on any atom is 0.246 e. The number of rotatable bonds is 7. The van der Waals surface area contributed by atoms with Crippen LogP contribution in [0.2, 0.25) is 0 Å². The van der Waals surface area contributed by atoms with E-state index in [2.05, 4.69) is 15.5 Å². The maximum absolute atomic E-state index is 11.8. The number of anilines is 1. The largest absolute Gasteiger partial charge is 0.493 e. The fourth-order valence-corrected chi connectivity index (χ4v) is 2.31. The zero-order chi connectivity index (χ0) is 14.5. The van der Waals surface area contributed by atoms with Crippen molar-refractivity contribution in [2.75, 3.05) is 39.1 Å². The van der Waals surface area contributed by atoms with Crippen molar-refractivity contribution in [2.45, 2.75) is 19.4 Å². The van der Waals surface area contributed by atoms with Gasteiger partial charge in [-0.1, -0.05) is 13.0 Å². The molecule has 1 aliphatic rings. The standard InChI is InChI=1S/C15H23N3O2/c1-4-16-14-12-7-6-11(10-13(12)17-15(14)19)20-9-5-8-18(2)3/h6-7,10,14,16H,4-5,8-9H2,1-3H3,(H,17,19). The number of fused-ring (bicyclic) bond motifs is 1. The van der Waals surface area contributed by atoms with Crippen LogP contribution in [0.3, 0.4) is 0 Å². The van der Waals surface area contributed by atoms with Gasteiger partial charge in [0.15, 0.2) is 0 Å². The highest BCUT2D eigenvalue weighted by Crippen LogP contribution is 2.33. The predicted molar refractivity (Wildman–Crippen MR) is 80.2 cm³/mol. The van der Waals surface area contributed by atoms with E-state index in [-0.39, 0.29) is 11.9 Å². The molecular formula is C15H23N3O2. The molecule has 1 aliphatic heterocycles. The molecule has 0 radical (unpaired) electrons. The molecule has 0 saturated carbocycles. The summed E-state index contributed by atoms with van der Waals surface area (Å²) in [4.78, 5) is 14.0. The molecule has 20 heavy (non-hydrogen) atoms. The molecule has 0 aromatic heterocycles. The van der Waals surface area contributed by atoms with Crippen LogP contribution in [0.1, 0.15) is 24.9 Å². The molecule has 1 aromatic carbocycles. The highest BCUT2D eigenvalue weighted by atomic mass is 16.5. The van der Waals surface area contributed by atoms with Crippen molar-refractivity contribution in [3.05, 3.63) is 23.8 Å². The topological polar surface area (TPSA) is 53.6 Å². The van der Waals surface area contributed by atoms with Gasteiger partial charge in [0.2, 0.25) is 5.91 Å². The lowest BCUT2D eigenvalue weighted by Crippen LogP contribution is -2.27. The molecule has 1 aromatic rings. The Labute approximate surface area is 120 Å². The van der Waals surface area contributed by atoms with E-state index in [9.17, 15) is 4.79 Å². The molecule has 110 valence electrons. The Balaban J connectivity index is 1.96. The van der Waals surface area contributed by atoms with E-state index >= 15 is 0 Å². The molecule has 5 nitrogen and oxygen atoms in total. The van der Waals surface area contributed by atoms with Gasteiger partial charge in [0.1, 0.15) is 11.8 Å². The SMILES string of the molecule is CCNC1C(=O)Nc2cc(OCCCN(C)C)ccc21. The second-order valence-electron chi connectivity index (χ2n) is 5.23. The van der Waals surface area contributed by atoms with E-state index in [0.29, 0.717) is 6.61 Å². The first-order valence-electron chi connectivity index (χ1n) is 7.07. The molecule has 2 rings (SSSR count). The summed E-state index contributed by atoms with van der Waals surface area (Å²) in [6, 6.07) is 5.55. The van der Waals surface area contributed by atoms with Crippen molar-refractivity contribution in [3.8, 4) is 5.75 Å². The summed E-state index contributed by atoms with van der Waals surface area (Å²) in [5.41, 5.74) is 1.85. The molecule has 1 atom stereocenters. The van der Waals surface area contributed by atoms with Gasteiger partial charge in [0.25, 0.3) is 0 Å². The summed E-state index contributed by atoms with van der Waals surface area (Å²) in [5, 5.41) is 6.07. The molecule has 1 amide bonds. The fourth-order valence-electron chi connectivity index (χ4n) is 2.31. The second kappa shape index (κ2) is 6.72. The summed E-state index contributed by atoms with van der Waals surface area (Å²) in [6.45, 7) is 4.44. The van der Waals surface area contributed by atoms with Crippen LogP contribution < -0.4 is 15.4 Å². The molecule has 0 spiro atoms. The quantitative estimate of drug-likeness (QED) is 0.744. The van der Waals surface area contributed by atoms with E-state index in [1.165, 1.54) is 0 Å². The molecule has 0 fully saturated rings. The first-order chi connectivity index (χ1) is 9.61. The summed E-state index contributed by atoms with van der Waals surface area (Å²) >= 11 is 0. The predicted octanol–water partition coefficient (Wildman–Crippen LogP) is 1.62. The van der Waals surface area contributed by atoms with Crippen LogP contribution in [-0.2, 0) is 4.79 Å². The van der Waals surface area contributed by atoms with Crippen LogP contribution >= 0.6 is 0 Å². The number of benzene rings is 1. The number of nitrogens with one attached hydrogen (secondary N) is 2. The van der Waals surface area contributed by atoms with Gasteiger partial charge in [0, 0.05) is 23.9 Å². The van der Waals surface area contributed by atoms with Gasteiger partial charge < -0.3 is 20.3 Å². The first-order valence-corrected chi connectivity index (χ1v) is 7.07. The number of carbonyl (C=O) groups is 1. The average molecular weight is 277 g/mol. The highest BCUT2D eigenvalue weighted by Gasteiger charge is 2.29. The maximum atomic E-state index is 11.8. The molecule has 0 aliphatic carbocycles. The van der Waals surface area contributed by atoms with Crippen LogP contribution in [0.15, 0.2) is 18.2 Å². The smallest absolute Gasteiger partial charge is 0.246 e. The Kier molecular flexibility index (Phi) is 4.98. The lowest BCUT2D eigenvalue weighted by molar-refractivity contribution is -0.117. The van der Waals surface area contributed by atoms with E-state index in [4.69, 9.17) is 4.74 Å². The Morgan fingerprint density at radius 1 is 1.40 bits per heavy atom. The van der Waals surface area contributed by atoms with Crippen molar-refractivity contribution >= 4 is 11.6 Å². The molecular weight excluding hydrogens is 254 g/mol. The number of hydrogen-bond donors (Lipinski definition) is 2. The highest BCUT2D eigenvalue weighted by molar-refractivity contribution is 6.02. The number of likely N-dealkylation sites (N-methyl/N-ethyl adjacent to an activating group) is 1. The monoisotopic (exact) mass is 277 g/mol. The lowest BCUT2D eigenvalue weighted by Gasteiger charge is -2.12. The molecule has 1 heterocycles. The Bertz CT molecular complexity index is 474. The first kappa shape index (κ1) is 14.8. The summed E-state index contributed by atoms with van der Waals surface area (Å²) in [7, 11) is 4.09. The van der Waals surface area contributed by atoms with E-state index in [0.717, 1.165) is 36.5 Å². The van der Waals surface area contributed by atoms with Crippen molar-refractivity contribution in [3.63, 3.8) is 0 Å². The minimum atomic E-state index is -0.238. The van der Waals surface area contributed by atoms with Crippen LogP contribution in [0.25, 0.3) is 0 Å². The van der Waals surface area contributed by atoms with Gasteiger partial charge in [-0.05, 0) is 33.1 Å². The summed E-state index contributed by atoms with van der Waals surface area (Å²) in [6.07, 6.45) is 0.983. The van der Waals surface area contributed by atoms with Crippen LogP contribution in [0.4, 0.5) is 5.69 Å².